The molecular weight excluding hydrogens is 162 g/mol. The first-order chi connectivity index (χ1) is 5.24. The van der Waals surface area contributed by atoms with Crippen molar-refractivity contribution in [3.63, 3.8) is 0 Å². The van der Waals surface area contributed by atoms with Gasteiger partial charge >= 0.3 is 0 Å². The highest BCUT2D eigenvalue weighted by Crippen LogP contribution is 2.11. The predicted molar refractivity (Wildman–Crippen MR) is 43.8 cm³/mol. The second kappa shape index (κ2) is 3.49. The van der Waals surface area contributed by atoms with E-state index in [2.05, 4.69) is 4.98 Å². The molecule has 1 heterocycles. The molecule has 0 N–H and O–H groups in total. The van der Waals surface area contributed by atoms with Gasteiger partial charge in [0.15, 0.2) is 0 Å². The van der Waals surface area contributed by atoms with Crippen LogP contribution in [0.1, 0.15) is 11.1 Å². The van der Waals surface area contributed by atoms with Gasteiger partial charge in [0.1, 0.15) is 11.4 Å². The third-order valence-electron chi connectivity index (χ3n) is 1.48. The van der Waals surface area contributed by atoms with Crippen molar-refractivity contribution in [2.45, 2.75) is 13.3 Å². The number of rotatable bonds is 2. The van der Waals surface area contributed by atoms with Gasteiger partial charge in [-0.05, 0) is 24.1 Å². The highest BCUT2D eigenvalue weighted by Gasteiger charge is 1.98. The summed E-state index contributed by atoms with van der Waals surface area (Å²) in [5.74, 6) is 0. The van der Waals surface area contributed by atoms with Crippen LogP contribution in [0.2, 0.25) is 5.15 Å². The summed E-state index contributed by atoms with van der Waals surface area (Å²) in [4.78, 5) is 14.0. The lowest BCUT2D eigenvalue weighted by molar-refractivity contribution is -0.107. The van der Waals surface area contributed by atoms with Crippen molar-refractivity contribution in [2.75, 3.05) is 0 Å². The molecule has 0 radical (unpaired) electrons. The summed E-state index contributed by atoms with van der Waals surface area (Å²) >= 11 is 5.63. The number of aldehydes is 1. The van der Waals surface area contributed by atoms with Gasteiger partial charge in [-0.3, -0.25) is 0 Å². The molecule has 0 aliphatic carbocycles. The fourth-order valence-corrected chi connectivity index (χ4v) is 1.03. The van der Waals surface area contributed by atoms with Crippen molar-refractivity contribution in [1.82, 2.24) is 4.98 Å². The minimum atomic E-state index is 0.411. The Bertz CT molecular complexity index is 273. The second-order valence-electron chi connectivity index (χ2n) is 2.30. The van der Waals surface area contributed by atoms with Crippen LogP contribution in [-0.4, -0.2) is 11.3 Å². The molecule has 0 atom stereocenters. The summed E-state index contributed by atoms with van der Waals surface area (Å²) in [5.41, 5.74) is 1.95. The molecule has 2 nitrogen and oxygen atoms in total. The van der Waals surface area contributed by atoms with E-state index in [4.69, 9.17) is 11.6 Å². The second-order valence-corrected chi connectivity index (χ2v) is 2.69. The zero-order valence-corrected chi connectivity index (χ0v) is 6.93. The van der Waals surface area contributed by atoms with Crippen LogP contribution in [-0.2, 0) is 11.2 Å². The summed E-state index contributed by atoms with van der Waals surface area (Å²) in [7, 11) is 0. The Kier molecular flexibility index (Phi) is 2.60. The summed E-state index contributed by atoms with van der Waals surface area (Å²) in [6, 6.07) is 1.71. The van der Waals surface area contributed by atoms with Gasteiger partial charge in [-0.15, -0.1) is 0 Å². The molecule has 0 amide bonds. The first kappa shape index (κ1) is 8.21. The molecule has 0 spiro atoms. The van der Waals surface area contributed by atoms with Crippen LogP contribution in [0.5, 0.6) is 0 Å². The lowest BCUT2D eigenvalue weighted by Gasteiger charge is -1.99. The largest absolute Gasteiger partial charge is 0.303 e. The lowest BCUT2D eigenvalue weighted by Crippen LogP contribution is -1.91. The fourth-order valence-electron chi connectivity index (χ4n) is 0.846. The van der Waals surface area contributed by atoms with Crippen LogP contribution in [0.4, 0.5) is 0 Å². The monoisotopic (exact) mass is 169 g/mol. The number of hydrogen-bond donors (Lipinski definition) is 0. The van der Waals surface area contributed by atoms with Crippen LogP contribution in [0.3, 0.4) is 0 Å². The van der Waals surface area contributed by atoms with Crippen LogP contribution < -0.4 is 0 Å². The van der Waals surface area contributed by atoms with Gasteiger partial charge in [0, 0.05) is 12.6 Å². The molecule has 1 aromatic rings. The van der Waals surface area contributed by atoms with E-state index in [1.807, 2.05) is 6.92 Å². The molecule has 58 valence electrons. The number of nitrogens with zero attached hydrogens (tertiary/aromatic N) is 1. The Morgan fingerprint density at radius 2 is 2.45 bits per heavy atom. The molecule has 1 rings (SSSR count). The smallest absolute Gasteiger partial charge is 0.129 e. The number of pyridine rings is 1. The molecule has 3 heteroatoms. The van der Waals surface area contributed by atoms with E-state index < -0.39 is 0 Å². The van der Waals surface area contributed by atoms with E-state index in [1.54, 1.807) is 12.3 Å². The van der Waals surface area contributed by atoms with Crippen LogP contribution in [0, 0.1) is 6.92 Å². The Balaban J connectivity index is 3.01. The SMILES string of the molecule is Cc1cnc(Cl)cc1CC=O. The number of aryl methyl sites for hydroxylation is 1. The Morgan fingerprint density at radius 3 is 3.09 bits per heavy atom. The average Bonchev–Trinajstić information content (AvgIpc) is 1.98. The minimum Gasteiger partial charge on any atom is -0.303 e. The Labute approximate surface area is 70.2 Å². The molecular formula is C8H8ClNO. The third-order valence-corrected chi connectivity index (χ3v) is 1.69. The molecule has 0 bridgehead atoms. The van der Waals surface area contributed by atoms with Gasteiger partial charge in [-0.2, -0.15) is 0 Å². The Morgan fingerprint density at radius 1 is 1.73 bits per heavy atom. The summed E-state index contributed by atoms with van der Waals surface area (Å²) < 4.78 is 0. The molecule has 0 fully saturated rings. The molecule has 0 unspecified atom stereocenters. The highest BCUT2D eigenvalue weighted by molar-refractivity contribution is 6.29. The van der Waals surface area contributed by atoms with Gasteiger partial charge in [-0.25, -0.2) is 4.98 Å². The molecule has 0 aromatic carbocycles. The fraction of sp³-hybridized carbons (Fsp3) is 0.250. The van der Waals surface area contributed by atoms with Gasteiger partial charge in [0.05, 0.1) is 0 Å². The zero-order valence-electron chi connectivity index (χ0n) is 6.17. The Hall–Kier alpha value is -0.890. The molecule has 1 aromatic heterocycles. The van der Waals surface area contributed by atoms with Gasteiger partial charge < -0.3 is 4.79 Å². The van der Waals surface area contributed by atoms with Crippen LogP contribution in [0.25, 0.3) is 0 Å². The van der Waals surface area contributed by atoms with Crippen molar-refractivity contribution in [3.8, 4) is 0 Å². The maximum absolute atomic E-state index is 10.2. The maximum Gasteiger partial charge on any atom is 0.129 e. The van der Waals surface area contributed by atoms with Crippen molar-refractivity contribution in [1.29, 1.82) is 0 Å². The van der Waals surface area contributed by atoms with Crippen molar-refractivity contribution in [3.05, 3.63) is 28.5 Å². The van der Waals surface area contributed by atoms with Gasteiger partial charge in [0.2, 0.25) is 0 Å². The molecule has 0 aliphatic rings. The number of hydrogen-bond acceptors (Lipinski definition) is 2. The quantitative estimate of drug-likeness (QED) is 0.499. The van der Waals surface area contributed by atoms with Crippen molar-refractivity contribution < 1.29 is 4.79 Å². The molecule has 0 aliphatic heterocycles. The summed E-state index contributed by atoms with van der Waals surface area (Å²) in [5, 5.41) is 0.437. The van der Waals surface area contributed by atoms with Crippen LogP contribution in [0.15, 0.2) is 12.3 Å². The maximum atomic E-state index is 10.2. The number of aromatic nitrogens is 1. The molecule has 0 saturated heterocycles. The average molecular weight is 170 g/mol. The summed E-state index contributed by atoms with van der Waals surface area (Å²) in [6.07, 6.45) is 2.94. The third kappa shape index (κ3) is 2.02. The van der Waals surface area contributed by atoms with Crippen molar-refractivity contribution >= 4 is 17.9 Å². The van der Waals surface area contributed by atoms with E-state index in [1.165, 1.54) is 0 Å². The minimum absolute atomic E-state index is 0.411. The first-order valence-corrected chi connectivity index (χ1v) is 3.66. The van der Waals surface area contributed by atoms with E-state index in [0.29, 0.717) is 11.6 Å². The zero-order chi connectivity index (χ0) is 8.27. The number of carbonyl (C=O) groups is 1. The van der Waals surface area contributed by atoms with Gasteiger partial charge in [-0.1, -0.05) is 11.6 Å². The number of carbonyl (C=O) groups excluding carboxylic acids is 1. The van der Waals surface area contributed by atoms with Crippen molar-refractivity contribution in [2.24, 2.45) is 0 Å². The molecule has 0 saturated carbocycles. The molecule has 11 heavy (non-hydrogen) atoms. The summed E-state index contributed by atoms with van der Waals surface area (Å²) in [6.45, 7) is 1.90. The standard InChI is InChI=1S/C8H8ClNO/c1-6-5-10-8(9)4-7(6)2-3-11/h3-5H,2H2,1H3. The highest BCUT2D eigenvalue weighted by atomic mass is 35.5. The topological polar surface area (TPSA) is 30.0 Å². The van der Waals surface area contributed by atoms with Crippen LogP contribution >= 0.6 is 11.6 Å². The number of halogens is 1. The first-order valence-electron chi connectivity index (χ1n) is 3.28. The lowest BCUT2D eigenvalue weighted by atomic mass is 10.1. The van der Waals surface area contributed by atoms with Gasteiger partial charge in [0.25, 0.3) is 0 Å². The normalized spacial score (nSPS) is 9.64. The van der Waals surface area contributed by atoms with E-state index in [-0.39, 0.29) is 0 Å². The van der Waals surface area contributed by atoms with E-state index in [9.17, 15) is 4.79 Å². The predicted octanol–water partition coefficient (Wildman–Crippen LogP) is 1.78. The van der Waals surface area contributed by atoms with E-state index >= 15 is 0 Å². The van der Waals surface area contributed by atoms with E-state index in [0.717, 1.165) is 17.4 Å².